The van der Waals surface area contributed by atoms with E-state index in [1.165, 1.54) is 42.5 Å². The first-order valence-corrected chi connectivity index (χ1v) is 15.2. The van der Waals surface area contributed by atoms with Crippen molar-refractivity contribution in [3.8, 4) is 5.75 Å². The number of rotatable bonds is 4. The highest BCUT2D eigenvalue weighted by molar-refractivity contribution is 6.58. The number of hydrogen-bond acceptors (Lipinski definition) is 7. The van der Waals surface area contributed by atoms with E-state index in [0.29, 0.717) is 0 Å². The lowest BCUT2D eigenvalue weighted by Gasteiger charge is -2.50. The topological polar surface area (TPSA) is 138 Å². The highest BCUT2D eigenvalue weighted by atomic mass is 35.5. The monoisotopic (exact) mass is 721 g/mol. The van der Waals surface area contributed by atoms with Crippen LogP contribution in [0.2, 0.25) is 0 Å². The molecule has 0 bridgehead atoms. The van der Waals surface area contributed by atoms with Crippen LogP contribution in [0.15, 0.2) is 60.2 Å². The fourth-order valence-corrected chi connectivity index (χ4v) is 8.55. The predicted molar refractivity (Wildman–Crippen MR) is 160 cm³/mol. The molecule has 3 aromatic rings. The Hall–Kier alpha value is -4.89. The molecule has 17 heteroatoms. The van der Waals surface area contributed by atoms with E-state index in [1.807, 2.05) is 0 Å². The first kappa shape index (κ1) is 32.6. The van der Waals surface area contributed by atoms with Gasteiger partial charge in [0.15, 0.2) is 33.0 Å². The molecule has 0 aromatic heterocycles. The number of allylic oxidation sites excluding steroid dienone is 2. The third-order valence-corrected chi connectivity index (χ3v) is 11.2. The van der Waals surface area contributed by atoms with Crippen molar-refractivity contribution in [2.24, 2.45) is 17.8 Å². The number of amides is 4. The van der Waals surface area contributed by atoms with E-state index in [2.05, 4.69) is 0 Å². The molecule has 0 spiro atoms. The highest BCUT2D eigenvalue weighted by Gasteiger charge is 2.77. The Morgan fingerprint density at radius 3 is 1.98 bits per heavy atom. The van der Waals surface area contributed by atoms with Crippen LogP contribution in [0.1, 0.15) is 24.3 Å². The van der Waals surface area contributed by atoms with E-state index in [0.717, 1.165) is 17.0 Å². The summed E-state index contributed by atoms with van der Waals surface area (Å²) in [7, 11) is 0. The second-order valence-corrected chi connectivity index (χ2v) is 13.3. The fraction of sp³-hybridized carbons (Fsp3) is 0.250. The van der Waals surface area contributed by atoms with Gasteiger partial charge in [-0.25, -0.2) is 26.9 Å². The summed E-state index contributed by atoms with van der Waals surface area (Å²) in [5, 5.41) is 22.1. The minimum Gasteiger partial charge on any atom is -0.508 e. The summed E-state index contributed by atoms with van der Waals surface area (Å²) in [6, 6.07) is 9.89. The van der Waals surface area contributed by atoms with Gasteiger partial charge >= 0.3 is 0 Å². The van der Waals surface area contributed by atoms with E-state index in [-0.39, 0.29) is 33.8 Å². The number of carbonyl (C=O) groups is 4. The maximum absolute atomic E-state index is 15.1. The van der Waals surface area contributed by atoms with E-state index in [4.69, 9.17) is 23.2 Å². The molecule has 0 radical (unpaired) electrons. The fourth-order valence-electron chi connectivity index (χ4n) is 7.62. The molecule has 10 nitrogen and oxygen atoms in total. The Bertz CT molecular complexity index is 2070. The number of alkyl halides is 2. The number of halogens is 7. The zero-order valence-electron chi connectivity index (χ0n) is 24.3. The normalized spacial score (nSPS) is 29.2. The van der Waals surface area contributed by atoms with Crippen LogP contribution < -0.4 is 9.80 Å². The van der Waals surface area contributed by atoms with Gasteiger partial charge in [-0.1, -0.05) is 29.8 Å². The summed E-state index contributed by atoms with van der Waals surface area (Å²) in [5.41, 5.74) is -2.19. The van der Waals surface area contributed by atoms with Crippen LogP contribution >= 0.6 is 23.2 Å². The average molecular weight is 722 g/mol. The molecule has 2 heterocycles. The van der Waals surface area contributed by atoms with Crippen LogP contribution in [0.4, 0.5) is 39.0 Å². The summed E-state index contributed by atoms with van der Waals surface area (Å²) >= 11 is 14.0. The summed E-state index contributed by atoms with van der Waals surface area (Å²) in [4.78, 5) is 61.6. The van der Waals surface area contributed by atoms with Gasteiger partial charge in [0, 0.05) is 23.6 Å². The third kappa shape index (κ3) is 4.11. The van der Waals surface area contributed by atoms with Gasteiger partial charge in [0.25, 0.3) is 17.5 Å². The Morgan fingerprint density at radius 1 is 0.796 bits per heavy atom. The standard InChI is InChI=1S/C32H18Cl2F5N3O7/c33-31-11-17-14(9-10-16-19(17)28(45)40(27(16)44)12-5-7-13(8-6-12)42(48)49)20(15-3-1-2-4-18(15)43)32(31,34)30(47)41(29(31)46)26-24(38)22(36)21(35)23(37)25(26)39/h1-9,16-17,19-20,43H,10-11H2/t16-,17+,19-,20+,31+,32-/m0/s1. The smallest absolute Gasteiger partial charge is 0.269 e. The van der Waals surface area contributed by atoms with Gasteiger partial charge in [0.05, 0.1) is 22.4 Å². The van der Waals surface area contributed by atoms with Gasteiger partial charge in [-0.3, -0.25) is 34.2 Å². The van der Waals surface area contributed by atoms with Gasteiger partial charge in [-0.05, 0) is 37.0 Å². The van der Waals surface area contributed by atoms with Crippen LogP contribution in [0.25, 0.3) is 0 Å². The number of nitrogens with zero attached hydrogens (tertiary/aromatic N) is 3. The van der Waals surface area contributed by atoms with Crippen LogP contribution in [-0.2, 0) is 19.2 Å². The molecule has 252 valence electrons. The van der Waals surface area contributed by atoms with Crippen LogP contribution in [-0.4, -0.2) is 43.4 Å². The lowest BCUT2D eigenvalue weighted by atomic mass is 9.56. The van der Waals surface area contributed by atoms with E-state index >= 15 is 8.78 Å². The minimum absolute atomic E-state index is 0.00139. The number of nitro groups is 1. The van der Waals surface area contributed by atoms with Crippen molar-refractivity contribution in [2.45, 2.75) is 28.5 Å². The van der Waals surface area contributed by atoms with Gasteiger partial charge in [0.2, 0.25) is 17.6 Å². The average Bonchev–Trinajstić information content (AvgIpc) is 3.41. The second-order valence-electron chi connectivity index (χ2n) is 12.0. The highest BCUT2D eigenvalue weighted by Crippen LogP contribution is 2.66. The van der Waals surface area contributed by atoms with Crippen molar-refractivity contribution in [3.05, 3.63) is 105 Å². The maximum Gasteiger partial charge on any atom is 0.269 e. The Morgan fingerprint density at radius 2 is 1.39 bits per heavy atom. The largest absolute Gasteiger partial charge is 0.508 e. The number of hydrogen-bond donors (Lipinski definition) is 1. The summed E-state index contributed by atoms with van der Waals surface area (Å²) in [5.74, 6) is -22.9. The Balaban J connectivity index is 1.40. The number of aromatic hydroxyl groups is 1. The Kier molecular flexibility index (Phi) is 7.20. The van der Waals surface area contributed by atoms with Gasteiger partial charge < -0.3 is 5.11 Å². The molecule has 7 rings (SSSR count). The number of para-hydroxylation sites is 1. The molecule has 1 N–H and O–H groups in total. The Labute approximate surface area is 281 Å². The maximum atomic E-state index is 15.1. The van der Waals surface area contributed by atoms with Crippen molar-refractivity contribution in [1.82, 2.24) is 0 Å². The van der Waals surface area contributed by atoms with Crippen molar-refractivity contribution < 1.29 is 51.2 Å². The second kappa shape index (κ2) is 10.8. The number of fused-ring (bicyclic) bond motifs is 4. The lowest BCUT2D eigenvalue weighted by molar-refractivity contribution is -0.384. The SMILES string of the molecule is O=C1[C@H]2[C@H](CC=C3[C@H]2C[C@@]2(Cl)C(=O)N(c4c(F)c(F)c(F)c(F)c4F)C(=O)[C@@]2(Cl)[C@H]3c2ccccc2O)C(=O)N1c1ccc([N+](=O)[O-])cc1. The molecular formula is C32H18Cl2F5N3O7. The van der Waals surface area contributed by atoms with E-state index < -0.39 is 109 Å². The minimum atomic E-state index is -2.77. The molecular weight excluding hydrogens is 704 g/mol. The zero-order chi connectivity index (χ0) is 35.5. The molecule has 4 amide bonds. The summed E-state index contributed by atoms with van der Waals surface area (Å²) < 4.78 is 72.9. The van der Waals surface area contributed by atoms with Crippen LogP contribution in [0.3, 0.4) is 0 Å². The number of benzene rings is 3. The van der Waals surface area contributed by atoms with Crippen LogP contribution in [0.5, 0.6) is 5.75 Å². The van der Waals surface area contributed by atoms with Gasteiger partial charge in [0.1, 0.15) is 11.4 Å². The van der Waals surface area contributed by atoms with E-state index in [1.54, 1.807) is 0 Å². The molecule has 2 aliphatic carbocycles. The predicted octanol–water partition coefficient (Wildman–Crippen LogP) is 5.76. The first-order chi connectivity index (χ1) is 23.1. The summed E-state index contributed by atoms with van der Waals surface area (Å²) in [6.07, 6.45) is 0.631. The molecule has 49 heavy (non-hydrogen) atoms. The van der Waals surface area contributed by atoms with Crippen molar-refractivity contribution in [3.63, 3.8) is 0 Å². The van der Waals surface area contributed by atoms with Gasteiger partial charge in [-0.15, -0.1) is 23.2 Å². The molecule has 2 saturated heterocycles. The van der Waals surface area contributed by atoms with Crippen molar-refractivity contribution >= 4 is 63.9 Å². The number of non-ortho nitro benzene ring substituents is 1. The number of phenolic OH excluding ortho intramolecular Hbond substituents is 1. The molecule has 6 atom stereocenters. The van der Waals surface area contributed by atoms with E-state index in [9.17, 15) is 47.6 Å². The number of nitro benzene ring substituents is 1. The quantitative estimate of drug-likeness (QED) is 0.0528. The lowest BCUT2D eigenvalue weighted by Crippen LogP contribution is -2.60. The molecule has 4 aliphatic rings. The molecule has 3 fully saturated rings. The third-order valence-electron chi connectivity index (χ3n) is 9.79. The molecule has 0 unspecified atom stereocenters. The van der Waals surface area contributed by atoms with Gasteiger partial charge in [-0.2, -0.15) is 0 Å². The number of carbonyl (C=O) groups excluding carboxylic acids is 4. The van der Waals surface area contributed by atoms with Crippen LogP contribution in [0, 0.1) is 57.0 Å². The first-order valence-electron chi connectivity index (χ1n) is 14.5. The summed E-state index contributed by atoms with van der Waals surface area (Å²) in [6.45, 7) is 0. The molecule has 2 aliphatic heterocycles. The number of anilines is 2. The number of phenols is 1. The molecule has 1 saturated carbocycles. The number of imide groups is 2. The molecule has 3 aromatic carbocycles. The van der Waals surface area contributed by atoms with Crippen molar-refractivity contribution in [2.75, 3.05) is 9.80 Å². The van der Waals surface area contributed by atoms with Crippen molar-refractivity contribution in [1.29, 1.82) is 0 Å². The zero-order valence-corrected chi connectivity index (χ0v) is 25.8.